The monoisotopic (exact) mass is 487 g/mol. The molecule has 3 rings (SSSR count). The van der Waals surface area contributed by atoms with Crippen LogP contribution < -0.4 is 10.1 Å². The zero-order valence-electron chi connectivity index (χ0n) is 16.7. The molecule has 2 aliphatic heterocycles. The van der Waals surface area contributed by atoms with E-state index in [0.29, 0.717) is 5.41 Å². The van der Waals surface area contributed by atoms with Crippen molar-refractivity contribution in [2.24, 2.45) is 10.4 Å². The zero-order chi connectivity index (χ0) is 18.2. The van der Waals surface area contributed by atoms with Crippen LogP contribution in [0.4, 0.5) is 0 Å². The summed E-state index contributed by atoms with van der Waals surface area (Å²) in [6.07, 6.45) is 4.48. The van der Waals surface area contributed by atoms with Crippen LogP contribution in [0.2, 0.25) is 0 Å². The number of likely N-dealkylation sites (tertiary alicyclic amines) is 1. The Labute approximate surface area is 180 Å². The molecule has 2 saturated heterocycles. The lowest BCUT2D eigenvalue weighted by Crippen LogP contribution is -2.41. The fraction of sp³-hybridized carbons (Fsp3) is 0.667. The standard InChI is InChI=1S/C21H33N3O2.HI/c1-3-22-20(24-13-10-21(16-24)11-15-25-17-21)23-12-4-5-14-26-19-8-6-18(2)7-9-19;/h6-9H,3-5,10-17H2,1-2H3,(H,22,23);1H. The van der Waals surface area contributed by atoms with Crippen LogP contribution in [0.15, 0.2) is 29.3 Å². The molecule has 1 atom stereocenters. The van der Waals surface area contributed by atoms with E-state index >= 15 is 0 Å². The van der Waals surface area contributed by atoms with E-state index in [4.69, 9.17) is 14.5 Å². The summed E-state index contributed by atoms with van der Waals surface area (Å²) in [4.78, 5) is 7.26. The highest BCUT2D eigenvalue weighted by atomic mass is 127. The number of nitrogens with one attached hydrogen (secondary N) is 1. The summed E-state index contributed by atoms with van der Waals surface area (Å²) in [5.41, 5.74) is 1.63. The van der Waals surface area contributed by atoms with E-state index in [1.807, 2.05) is 12.1 Å². The van der Waals surface area contributed by atoms with Gasteiger partial charge in [-0.2, -0.15) is 0 Å². The average molecular weight is 487 g/mol. The molecule has 27 heavy (non-hydrogen) atoms. The highest BCUT2D eigenvalue weighted by Gasteiger charge is 2.42. The van der Waals surface area contributed by atoms with Gasteiger partial charge < -0.3 is 19.7 Å². The molecule has 2 aliphatic rings. The van der Waals surface area contributed by atoms with Crippen LogP contribution in [0.1, 0.15) is 38.2 Å². The number of halogens is 1. The van der Waals surface area contributed by atoms with Gasteiger partial charge in [-0.3, -0.25) is 4.99 Å². The van der Waals surface area contributed by atoms with E-state index in [1.54, 1.807) is 0 Å². The molecular formula is C21H34IN3O2. The lowest BCUT2D eigenvalue weighted by atomic mass is 9.87. The molecule has 152 valence electrons. The molecule has 6 heteroatoms. The van der Waals surface area contributed by atoms with Crippen molar-refractivity contribution in [3.8, 4) is 5.75 Å². The third-order valence-electron chi connectivity index (χ3n) is 5.36. The summed E-state index contributed by atoms with van der Waals surface area (Å²) in [5, 5.41) is 3.46. The number of nitrogens with zero attached hydrogens (tertiary/aromatic N) is 2. The van der Waals surface area contributed by atoms with Crippen molar-refractivity contribution in [1.82, 2.24) is 10.2 Å². The Kier molecular flexibility index (Phi) is 9.15. The first-order chi connectivity index (χ1) is 12.7. The Bertz CT molecular complexity index is 586. The van der Waals surface area contributed by atoms with Crippen LogP contribution in [0.5, 0.6) is 5.75 Å². The molecule has 0 saturated carbocycles. The largest absolute Gasteiger partial charge is 0.494 e. The van der Waals surface area contributed by atoms with Crippen molar-refractivity contribution >= 4 is 29.9 Å². The second-order valence-corrected chi connectivity index (χ2v) is 7.58. The first-order valence-electron chi connectivity index (χ1n) is 10.0. The van der Waals surface area contributed by atoms with Crippen molar-refractivity contribution in [2.45, 2.75) is 39.5 Å². The van der Waals surface area contributed by atoms with Gasteiger partial charge in [0.15, 0.2) is 5.96 Å². The second-order valence-electron chi connectivity index (χ2n) is 7.58. The third kappa shape index (κ3) is 6.52. The third-order valence-corrected chi connectivity index (χ3v) is 5.36. The molecule has 1 spiro atoms. The summed E-state index contributed by atoms with van der Waals surface area (Å²) in [6.45, 7) is 10.7. The highest BCUT2D eigenvalue weighted by Crippen LogP contribution is 2.38. The molecule has 2 heterocycles. The summed E-state index contributed by atoms with van der Waals surface area (Å²) in [6, 6.07) is 8.24. The van der Waals surface area contributed by atoms with Gasteiger partial charge >= 0.3 is 0 Å². The van der Waals surface area contributed by atoms with Gasteiger partial charge in [-0.15, -0.1) is 24.0 Å². The predicted molar refractivity (Wildman–Crippen MR) is 121 cm³/mol. The van der Waals surface area contributed by atoms with Gasteiger partial charge in [-0.1, -0.05) is 17.7 Å². The lowest BCUT2D eigenvalue weighted by molar-refractivity contribution is 0.156. The van der Waals surface area contributed by atoms with Gasteiger partial charge in [0, 0.05) is 38.2 Å². The van der Waals surface area contributed by atoms with Gasteiger partial charge in [-0.25, -0.2) is 0 Å². The topological polar surface area (TPSA) is 46.1 Å². The molecule has 1 unspecified atom stereocenters. The number of guanidine groups is 1. The zero-order valence-corrected chi connectivity index (χ0v) is 19.0. The molecule has 1 aromatic carbocycles. The number of hydrogen-bond acceptors (Lipinski definition) is 3. The van der Waals surface area contributed by atoms with Gasteiger partial charge in [0.05, 0.1) is 13.2 Å². The quantitative estimate of drug-likeness (QED) is 0.275. The van der Waals surface area contributed by atoms with E-state index in [1.165, 1.54) is 18.4 Å². The van der Waals surface area contributed by atoms with Crippen molar-refractivity contribution in [3.63, 3.8) is 0 Å². The minimum atomic E-state index is 0. The number of rotatable bonds is 7. The van der Waals surface area contributed by atoms with Gasteiger partial charge in [0.25, 0.3) is 0 Å². The Morgan fingerprint density at radius 1 is 1.26 bits per heavy atom. The smallest absolute Gasteiger partial charge is 0.193 e. The van der Waals surface area contributed by atoms with Crippen LogP contribution in [0.3, 0.4) is 0 Å². The Hall–Kier alpha value is -1.02. The van der Waals surface area contributed by atoms with E-state index in [0.717, 1.165) is 70.6 Å². The summed E-state index contributed by atoms with van der Waals surface area (Å²) >= 11 is 0. The number of aliphatic imine (C=N–C) groups is 1. The fourth-order valence-electron chi connectivity index (χ4n) is 3.74. The number of aryl methyl sites for hydroxylation is 1. The number of unbranched alkanes of at least 4 members (excludes halogenated alkanes) is 1. The van der Waals surface area contributed by atoms with Gasteiger partial charge in [0.1, 0.15) is 5.75 Å². The van der Waals surface area contributed by atoms with E-state index in [9.17, 15) is 0 Å². The van der Waals surface area contributed by atoms with E-state index in [-0.39, 0.29) is 24.0 Å². The maximum absolute atomic E-state index is 5.79. The maximum Gasteiger partial charge on any atom is 0.193 e. The summed E-state index contributed by atoms with van der Waals surface area (Å²) in [5.74, 6) is 2.02. The van der Waals surface area contributed by atoms with Crippen LogP contribution in [-0.2, 0) is 4.74 Å². The number of hydrogen-bond donors (Lipinski definition) is 1. The summed E-state index contributed by atoms with van der Waals surface area (Å²) in [7, 11) is 0. The highest BCUT2D eigenvalue weighted by molar-refractivity contribution is 14.0. The molecular weight excluding hydrogens is 453 g/mol. The Morgan fingerprint density at radius 3 is 2.78 bits per heavy atom. The molecule has 1 N–H and O–H groups in total. The molecule has 1 aromatic rings. The van der Waals surface area contributed by atoms with Crippen LogP contribution in [0, 0.1) is 12.3 Å². The SMILES string of the molecule is CCNC(=NCCCCOc1ccc(C)cc1)N1CCC2(CCOC2)C1.I. The van der Waals surface area contributed by atoms with Crippen molar-refractivity contribution < 1.29 is 9.47 Å². The minimum absolute atomic E-state index is 0. The number of ether oxygens (including phenoxy) is 2. The fourth-order valence-corrected chi connectivity index (χ4v) is 3.74. The molecule has 0 aromatic heterocycles. The molecule has 5 nitrogen and oxygen atoms in total. The van der Waals surface area contributed by atoms with Crippen LogP contribution in [0.25, 0.3) is 0 Å². The molecule has 0 amide bonds. The Morgan fingerprint density at radius 2 is 2.07 bits per heavy atom. The van der Waals surface area contributed by atoms with Gasteiger partial charge in [0.2, 0.25) is 0 Å². The molecule has 0 radical (unpaired) electrons. The van der Waals surface area contributed by atoms with Crippen LogP contribution in [-0.4, -0.2) is 56.9 Å². The second kappa shape index (κ2) is 11.1. The van der Waals surface area contributed by atoms with Crippen molar-refractivity contribution in [1.29, 1.82) is 0 Å². The maximum atomic E-state index is 5.79. The lowest BCUT2D eigenvalue weighted by Gasteiger charge is -2.25. The van der Waals surface area contributed by atoms with Crippen LogP contribution >= 0.6 is 24.0 Å². The minimum Gasteiger partial charge on any atom is -0.494 e. The summed E-state index contributed by atoms with van der Waals surface area (Å²) < 4.78 is 11.4. The predicted octanol–water partition coefficient (Wildman–Crippen LogP) is 3.85. The van der Waals surface area contributed by atoms with E-state index in [2.05, 4.69) is 36.2 Å². The van der Waals surface area contributed by atoms with Crippen molar-refractivity contribution in [3.05, 3.63) is 29.8 Å². The number of benzene rings is 1. The Balaban J connectivity index is 0.00000261. The average Bonchev–Trinajstić information content (AvgIpc) is 3.29. The molecule has 0 bridgehead atoms. The molecule has 2 fully saturated rings. The first kappa shape index (κ1) is 22.3. The van der Waals surface area contributed by atoms with Crippen molar-refractivity contribution in [2.75, 3.05) is 46.0 Å². The molecule has 0 aliphatic carbocycles. The first-order valence-corrected chi connectivity index (χ1v) is 10.0. The van der Waals surface area contributed by atoms with E-state index < -0.39 is 0 Å². The normalized spacial score (nSPS) is 22.1. The van der Waals surface area contributed by atoms with Gasteiger partial charge in [-0.05, 0) is 51.7 Å².